The zero-order chi connectivity index (χ0) is 17.1. The molecule has 2 amide bonds. The molecule has 1 aromatic carbocycles. The van der Waals surface area contributed by atoms with Gasteiger partial charge in [0, 0.05) is 38.5 Å². The van der Waals surface area contributed by atoms with Crippen molar-refractivity contribution in [3.8, 4) is 0 Å². The summed E-state index contributed by atoms with van der Waals surface area (Å²) in [6.45, 7) is 0.375. The molecule has 24 heavy (non-hydrogen) atoms. The third-order valence-corrected chi connectivity index (χ3v) is 3.83. The van der Waals surface area contributed by atoms with Gasteiger partial charge in [0.2, 0.25) is 0 Å². The van der Waals surface area contributed by atoms with Gasteiger partial charge in [0.05, 0.1) is 12.2 Å². The average Bonchev–Trinajstić information content (AvgIpc) is 2.94. The topological polar surface area (TPSA) is 62.2 Å². The van der Waals surface area contributed by atoms with Crippen LogP contribution in [-0.2, 0) is 13.6 Å². The predicted molar refractivity (Wildman–Crippen MR) is 97.3 cm³/mol. The van der Waals surface area contributed by atoms with Gasteiger partial charge in [-0.2, -0.15) is 0 Å². The van der Waals surface area contributed by atoms with Gasteiger partial charge in [-0.1, -0.05) is 12.1 Å². The number of pyridine rings is 1. The molecule has 0 fully saturated rings. The van der Waals surface area contributed by atoms with Crippen LogP contribution in [0.25, 0.3) is 10.9 Å². The van der Waals surface area contributed by atoms with Crippen molar-refractivity contribution in [1.29, 1.82) is 0 Å². The third kappa shape index (κ3) is 3.48. The molecular weight excluding hydrogens is 302 g/mol. The molecule has 124 valence electrons. The molecule has 0 aliphatic rings. The number of hydrogen-bond donors (Lipinski definition) is 2. The second kappa shape index (κ2) is 6.62. The van der Waals surface area contributed by atoms with Crippen LogP contribution in [-0.4, -0.2) is 29.7 Å². The fourth-order valence-electron chi connectivity index (χ4n) is 2.50. The van der Waals surface area contributed by atoms with Crippen LogP contribution in [0.1, 0.15) is 5.69 Å². The van der Waals surface area contributed by atoms with Gasteiger partial charge in [-0.15, -0.1) is 0 Å². The first-order valence-electron chi connectivity index (χ1n) is 7.76. The van der Waals surface area contributed by atoms with Crippen LogP contribution in [0.2, 0.25) is 0 Å². The Morgan fingerprint density at radius 1 is 1.21 bits per heavy atom. The van der Waals surface area contributed by atoms with Gasteiger partial charge in [0.25, 0.3) is 0 Å². The predicted octanol–water partition coefficient (Wildman–Crippen LogP) is 2.96. The minimum Gasteiger partial charge on any atom is -0.363 e. The number of fused-ring (bicyclic) bond motifs is 1. The van der Waals surface area contributed by atoms with Crippen LogP contribution >= 0.6 is 0 Å². The lowest BCUT2D eigenvalue weighted by atomic mass is 10.2. The highest BCUT2D eigenvalue weighted by Gasteiger charge is 2.05. The molecule has 2 aromatic heterocycles. The van der Waals surface area contributed by atoms with Crippen molar-refractivity contribution < 1.29 is 4.79 Å². The molecule has 6 heteroatoms. The van der Waals surface area contributed by atoms with E-state index >= 15 is 0 Å². The highest BCUT2D eigenvalue weighted by molar-refractivity contribution is 5.92. The maximum atomic E-state index is 12.1. The van der Waals surface area contributed by atoms with Crippen LogP contribution in [0.4, 0.5) is 16.3 Å². The van der Waals surface area contributed by atoms with E-state index in [1.54, 1.807) is 0 Å². The minimum atomic E-state index is -0.249. The molecule has 0 atom stereocenters. The smallest absolute Gasteiger partial charge is 0.319 e. The number of benzene rings is 1. The zero-order valence-electron chi connectivity index (χ0n) is 14.1. The lowest BCUT2D eigenvalue weighted by molar-refractivity contribution is 0.251. The maximum Gasteiger partial charge on any atom is 0.319 e. The van der Waals surface area contributed by atoms with E-state index in [-0.39, 0.29) is 6.03 Å². The molecule has 0 unspecified atom stereocenters. The Balaban J connectivity index is 1.62. The number of urea groups is 1. The Bertz CT molecular complexity index is 869. The second-order valence-electron chi connectivity index (χ2n) is 5.89. The molecular formula is C18H21N5O. The van der Waals surface area contributed by atoms with Crippen LogP contribution in [0.15, 0.2) is 48.7 Å². The van der Waals surface area contributed by atoms with E-state index in [0.717, 1.165) is 28.1 Å². The molecule has 0 aliphatic heterocycles. The average molecular weight is 323 g/mol. The Morgan fingerprint density at radius 3 is 2.83 bits per heavy atom. The first-order chi connectivity index (χ1) is 11.5. The van der Waals surface area contributed by atoms with Crippen molar-refractivity contribution >= 4 is 28.4 Å². The van der Waals surface area contributed by atoms with Gasteiger partial charge < -0.3 is 20.1 Å². The van der Waals surface area contributed by atoms with Gasteiger partial charge in [-0.05, 0) is 35.7 Å². The number of nitrogens with one attached hydrogen (secondary N) is 2. The molecule has 2 heterocycles. The summed E-state index contributed by atoms with van der Waals surface area (Å²) in [4.78, 5) is 18.5. The number of amides is 2. The molecule has 0 aliphatic carbocycles. The summed E-state index contributed by atoms with van der Waals surface area (Å²) >= 11 is 0. The minimum absolute atomic E-state index is 0.249. The number of aryl methyl sites for hydroxylation is 1. The quantitative estimate of drug-likeness (QED) is 0.776. The number of hydrogen-bond acceptors (Lipinski definition) is 3. The van der Waals surface area contributed by atoms with Gasteiger partial charge >= 0.3 is 6.03 Å². The summed E-state index contributed by atoms with van der Waals surface area (Å²) < 4.78 is 2.02. The lowest BCUT2D eigenvalue weighted by Gasteiger charge is -2.13. The van der Waals surface area contributed by atoms with Crippen molar-refractivity contribution in [3.63, 3.8) is 0 Å². The maximum absolute atomic E-state index is 12.1. The van der Waals surface area contributed by atoms with E-state index in [4.69, 9.17) is 0 Å². The van der Waals surface area contributed by atoms with Gasteiger partial charge in [-0.25, -0.2) is 9.78 Å². The second-order valence-corrected chi connectivity index (χ2v) is 5.89. The molecule has 2 N–H and O–H groups in total. The summed E-state index contributed by atoms with van der Waals surface area (Å²) in [7, 11) is 5.85. The molecule has 3 rings (SSSR count). The molecule has 0 spiro atoms. The van der Waals surface area contributed by atoms with Crippen LogP contribution < -0.4 is 15.5 Å². The van der Waals surface area contributed by atoms with Crippen LogP contribution in [0.5, 0.6) is 0 Å². The summed E-state index contributed by atoms with van der Waals surface area (Å²) in [5, 5.41) is 6.84. The van der Waals surface area contributed by atoms with E-state index < -0.39 is 0 Å². The number of carbonyl (C=O) groups excluding carboxylic acids is 1. The Hall–Kier alpha value is -3.02. The molecule has 0 saturated heterocycles. The normalized spacial score (nSPS) is 10.6. The fraction of sp³-hybridized carbons (Fsp3) is 0.222. The number of rotatable bonds is 4. The highest BCUT2D eigenvalue weighted by atomic mass is 16.2. The zero-order valence-corrected chi connectivity index (χ0v) is 14.1. The number of anilines is 2. The number of carbonyl (C=O) groups is 1. The monoisotopic (exact) mass is 323 g/mol. The summed E-state index contributed by atoms with van der Waals surface area (Å²) in [6, 6.07) is 13.4. The van der Waals surface area contributed by atoms with Crippen molar-refractivity contribution in [2.24, 2.45) is 7.05 Å². The van der Waals surface area contributed by atoms with E-state index in [2.05, 4.69) is 15.6 Å². The molecule has 0 saturated carbocycles. The van der Waals surface area contributed by atoms with Crippen molar-refractivity contribution in [1.82, 2.24) is 14.9 Å². The van der Waals surface area contributed by atoms with Crippen LogP contribution in [0, 0.1) is 0 Å². The number of nitrogens with zero attached hydrogens (tertiary/aromatic N) is 3. The third-order valence-electron chi connectivity index (χ3n) is 3.83. The van der Waals surface area contributed by atoms with Crippen molar-refractivity contribution in [3.05, 3.63) is 54.4 Å². The highest BCUT2D eigenvalue weighted by Crippen LogP contribution is 2.19. The van der Waals surface area contributed by atoms with E-state index in [1.165, 1.54) is 0 Å². The summed E-state index contributed by atoms with van der Waals surface area (Å²) in [5.41, 5.74) is 2.65. The molecule has 3 aromatic rings. The number of aromatic nitrogens is 2. The molecule has 0 radical (unpaired) electrons. The van der Waals surface area contributed by atoms with Gasteiger partial charge in [0.15, 0.2) is 0 Å². The van der Waals surface area contributed by atoms with Gasteiger partial charge in [0.1, 0.15) is 5.82 Å². The molecule has 6 nitrogen and oxygen atoms in total. The SMILES string of the molecule is CN(C)c1cccc(CNC(=O)Nc2ccc3ccn(C)c3c2)n1. The lowest BCUT2D eigenvalue weighted by Crippen LogP contribution is -2.28. The largest absolute Gasteiger partial charge is 0.363 e. The van der Waals surface area contributed by atoms with Gasteiger partial charge in [-0.3, -0.25) is 0 Å². The molecule has 0 bridgehead atoms. The van der Waals surface area contributed by atoms with E-state index in [9.17, 15) is 4.79 Å². The summed E-state index contributed by atoms with van der Waals surface area (Å²) in [5.74, 6) is 0.865. The first-order valence-corrected chi connectivity index (χ1v) is 7.76. The Labute approximate surface area is 141 Å². The standard InChI is InChI=1S/C18H21N5O/c1-22(2)17-6-4-5-15(20-17)12-19-18(24)21-14-8-7-13-9-10-23(3)16(13)11-14/h4-11H,12H2,1-3H3,(H2,19,21,24). The van der Waals surface area contributed by atoms with Crippen molar-refractivity contribution in [2.75, 3.05) is 24.3 Å². The fourth-order valence-corrected chi connectivity index (χ4v) is 2.50. The summed E-state index contributed by atoms with van der Waals surface area (Å²) in [6.07, 6.45) is 2.00. The van der Waals surface area contributed by atoms with Crippen LogP contribution in [0.3, 0.4) is 0 Å². The Kier molecular flexibility index (Phi) is 4.37. The van der Waals surface area contributed by atoms with E-state index in [1.807, 2.05) is 79.3 Å². The first kappa shape index (κ1) is 15.9. The Morgan fingerprint density at radius 2 is 2.04 bits per heavy atom. The van der Waals surface area contributed by atoms with E-state index in [0.29, 0.717) is 6.54 Å². The van der Waals surface area contributed by atoms with Crippen molar-refractivity contribution in [2.45, 2.75) is 6.54 Å².